The van der Waals surface area contributed by atoms with Crippen LogP contribution in [-0.2, 0) is 6.54 Å². The number of nitrogens with one attached hydrogen (secondary N) is 2. The van der Waals surface area contributed by atoms with Gasteiger partial charge in [0.25, 0.3) is 0 Å². The highest BCUT2D eigenvalue weighted by Crippen LogP contribution is 2.36. The molecule has 3 heterocycles. The fraction of sp³-hybridized carbons (Fsp3) is 0.346. The highest BCUT2D eigenvalue weighted by Gasteiger charge is 2.21. The monoisotopic (exact) mass is 456 g/mol. The summed E-state index contributed by atoms with van der Waals surface area (Å²) in [7, 11) is 0. The molecule has 4 aromatic rings. The smallest absolute Gasteiger partial charge is 0.231 e. The zero-order valence-electron chi connectivity index (χ0n) is 19.3. The summed E-state index contributed by atoms with van der Waals surface area (Å²) >= 11 is 0. The summed E-state index contributed by atoms with van der Waals surface area (Å²) in [5, 5.41) is 7.12. The molecule has 1 aliphatic heterocycles. The molecule has 174 valence electrons. The second-order valence-corrected chi connectivity index (χ2v) is 9.07. The molecule has 2 aromatic carbocycles. The Labute approximate surface area is 198 Å². The fourth-order valence-corrected chi connectivity index (χ4v) is 4.71. The fourth-order valence-electron chi connectivity index (χ4n) is 4.71. The first-order chi connectivity index (χ1) is 16.7. The lowest BCUT2D eigenvalue weighted by Crippen LogP contribution is -2.23. The molecule has 0 unspecified atom stereocenters. The maximum absolute atomic E-state index is 5.55. The summed E-state index contributed by atoms with van der Waals surface area (Å²) in [4.78, 5) is 14.2. The molecule has 1 saturated carbocycles. The molecule has 0 atom stereocenters. The van der Waals surface area contributed by atoms with Crippen molar-refractivity contribution in [3.63, 3.8) is 0 Å². The van der Waals surface area contributed by atoms with Gasteiger partial charge in [0.05, 0.1) is 6.54 Å². The van der Waals surface area contributed by atoms with E-state index in [9.17, 15) is 0 Å². The predicted octanol–water partition coefficient (Wildman–Crippen LogP) is 5.40. The predicted molar refractivity (Wildman–Crippen MR) is 132 cm³/mol. The molecule has 2 aromatic heterocycles. The van der Waals surface area contributed by atoms with Gasteiger partial charge >= 0.3 is 0 Å². The Balaban J connectivity index is 1.39. The lowest BCUT2D eigenvalue weighted by Gasteiger charge is -2.23. The van der Waals surface area contributed by atoms with E-state index in [4.69, 9.17) is 14.5 Å². The van der Waals surface area contributed by atoms with E-state index in [1.165, 1.54) is 30.4 Å². The Morgan fingerprint density at radius 2 is 1.79 bits per heavy atom. The van der Waals surface area contributed by atoms with Crippen molar-refractivity contribution in [1.29, 1.82) is 0 Å². The highest BCUT2D eigenvalue weighted by molar-refractivity contribution is 5.86. The number of hydrogen-bond donors (Lipinski definition) is 2. The molecule has 2 aliphatic rings. The summed E-state index contributed by atoms with van der Waals surface area (Å²) in [6.45, 7) is 2.99. The van der Waals surface area contributed by atoms with Crippen molar-refractivity contribution in [3.05, 3.63) is 59.9 Å². The third kappa shape index (κ3) is 4.11. The van der Waals surface area contributed by atoms with Crippen LogP contribution in [0, 0.1) is 6.92 Å². The Hall–Kier alpha value is -3.81. The molecule has 8 heteroatoms. The van der Waals surface area contributed by atoms with Gasteiger partial charge in [-0.2, -0.15) is 0 Å². The lowest BCUT2D eigenvalue weighted by molar-refractivity contribution is 0.174. The minimum atomic E-state index is 0.247. The van der Waals surface area contributed by atoms with Gasteiger partial charge in [-0.05, 0) is 37.5 Å². The van der Waals surface area contributed by atoms with Gasteiger partial charge in [-0.25, -0.2) is 15.0 Å². The average Bonchev–Trinajstić information content (AvgIpc) is 3.46. The second-order valence-electron chi connectivity index (χ2n) is 9.07. The van der Waals surface area contributed by atoms with Crippen LogP contribution in [0.2, 0.25) is 0 Å². The third-order valence-corrected chi connectivity index (χ3v) is 6.57. The van der Waals surface area contributed by atoms with Crippen molar-refractivity contribution < 1.29 is 9.47 Å². The molecule has 1 aliphatic carbocycles. The molecule has 0 spiro atoms. The lowest BCUT2D eigenvalue weighted by atomic mass is 9.95. The van der Waals surface area contributed by atoms with Crippen molar-refractivity contribution in [2.75, 3.05) is 17.4 Å². The summed E-state index contributed by atoms with van der Waals surface area (Å²) in [6.07, 6.45) is 7.78. The molecule has 34 heavy (non-hydrogen) atoms. The third-order valence-electron chi connectivity index (χ3n) is 6.57. The van der Waals surface area contributed by atoms with Crippen molar-refractivity contribution in [2.24, 2.45) is 0 Å². The number of ether oxygens (including phenoxy) is 2. The number of imidazole rings is 1. The minimum Gasteiger partial charge on any atom is -0.454 e. The highest BCUT2D eigenvalue weighted by atomic mass is 16.7. The normalized spacial score (nSPS) is 15.6. The van der Waals surface area contributed by atoms with Crippen LogP contribution >= 0.6 is 0 Å². The van der Waals surface area contributed by atoms with Crippen molar-refractivity contribution in [1.82, 2.24) is 19.5 Å². The van der Waals surface area contributed by atoms with Gasteiger partial charge in [-0.3, -0.25) is 4.57 Å². The molecule has 0 amide bonds. The van der Waals surface area contributed by atoms with Crippen LogP contribution in [0.4, 0.5) is 17.5 Å². The number of aryl methyl sites for hydroxylation is 1. The van der Waals surface area contributed by atoms with Crippen LogP contribution < -0.4 is 20.1 Å². The summed E-state index contributed by atoms with van der Waals surface area (Å²) < 4.78 is 13.1. The van der Waals surface area contributed by atoms with Crippen molar-refractivity contribution >= 4 is 28.6 Å². The van der Waals surface area contributed by atoms with Gasteiger partial charge in [0, 0.05) is 17.8 Å². The quantitative estimate of drug-likeness (QED) is 0.402. The standard InChI is InChI=1S/C26H28N6O2/c1-17-7-9-18(10-8-17)14-32-25-23(24(27-15-28-25)29-19-5-3-2-4-6-19)31-26(32)30-20-11-12-21-22(13-20)34-16-33-21/h7-13,15,19H,2-6,14,16H2,1H3,(H,30,31)(H,27,28,29). The largest absolute Gasteiger partial charge is 0.454 e. The first kappa shape index (κ1) is 20.8. The number of aromatic nitrogens is 4. The van der Waals surface area contributed by atoms with Gasteiger partial charge in [0.15, 0.2) is 28.5 Å². The SMILES string of the molecule is Cc1ccc(Cn2c(Nc3ccc4c(c3)OCO4)nc3c(NC4CCCCC4)ncnc32)cc1. The second kappa shape index (κ2) is 8.85. The number of anilines is 3. The van der Waals surface area contributed by atoms with E-state index >= 15 is 0 Å². The average molecular weight is 457 g/mol. The van der Waals surface area contributed by atoms with Gasteiger partial charge in [0.2, 0.25) is 12.7 Å². The number of hydrogen-bond acceptors (Lipinski definition) is 7. The molecule has 8 nitrogen and oxygen atoms in total. The molecule has 2 N–H and O–H groups in total. The van der Waals surface area contributed by atoms with E-state index in [0.29, 0.717) is 18.5 Å². The van der Waals surface area contributed by atoms with Crippen LogP contribution in [0.1, 0.15) is 43.2 Å². The molecule has 6 rings (SSSR count). The van der Waals surface area contributed by atoms with E-state index in [-0.39, 0.29) is 6.79 Å². The Morgan fingerprint density at radius 1 is 0.971 bits per heavy atom. The molecular weight excluding hydrogens is 428 g/mol. The molecule has 0 saturated heterocycles. The van der Waals surface area contributed by atoms with E-state index in [1.807, 2.05) is 18.2 Å². The maximum Gasteiger partial charge on any atom is 0.231 e. The Morgan fingerprint density at radius 3 is 2.65 bits per heavy atom. The van der Waals surface area contributed by atoms with E-state index in [0.717, 1.165) is 47.0 Å². The van der Waals surface area contributed by atoms with Gasteiger partial charge in [-0.15, -0.1) is 0 Å². The zero-order valence-corrected chi connectivity index (χ0v) is 19.3. The van der Waals surface area contributed by atoms with Crippen LogP contribution in [0.3, 0.4) is 0 Å². The summed E-state index contributed by atoms with van der Waals surface area (Å²) in [5.41, 5.74) is 4.87. The first-order valence-corrected chi connectivity index (χ1v) is 11.9. The van der Waals surface area contributed by atoms with Crippen molar-refractivity contribution in [2.45, 2.75) is 51.6 Å². The van der Waals surface area contributed by atoms with E-state index in [2.05, 4.69) is 56.4 Å². The van der Waals surface area contributed by atoms with Gasteiger partial charge < -0.3 is 20.1 Å². The molecule has 0 bridgehead atoms. The molecule has 1 fully saturated rings. The van der Waals surface area contributed by atoms with E-state index < -0.39 is 0 Å². The summed E-state index contributed by atoms with van der Waals surface area (Å²) in [6, 6.07) is 14.8. The Bertz CT molecular complexity index is 1310. The minimum absolute atomic E-state index is 0.247. The molecule has 0 radical (unpaired) electrons. The van der Waals surface area contributed by atoms with Crippen molar-refractivity contribution in [3.8, 4) is 11.5 Å². The van der Waals surface area contributed by atoms with Crippen LogP contribution in [0.15, 0.2) is 48.8 Å². The number of benzene rings is 2. The summed E-state index contributed by atoms with van der Waals surface area (Å²) in [5.74, 6) is 2.99. The molecular formula is C26H28N6O2. The van der Waals surface area contributed by atoms with E-state index in [1.54, 1.807) is 6.33 Å². The van der Waals surface area contributed by atoms with Gasteiger partial charge in [-0.1, -0.05) is 49.1 Å². The first-order valence-electron chi connectivity index (χ1n) is 11.9. The maximum atomic E-state index is 5.55. The Kier molecular flexibility index (Phi) is 5.41. The van der Waals surface area contributed by atoms with Crippen LogP contribution in [0.5, 0.6) is 11.5 Å². The van der Waals surface area contributed by atoms with Gasteiger partial charge in [0.1, 0.15) is 6.33 Å². The number of rotatable bonds is 6. The number of nitrogens with zero attached hydrogens (tertiary/aromatic N) is 4. The number of fused-ring (bicyclic) bond motifs is 2. The van der Waals surface area contributed by atoms with Crippen LogP contribution in [0.25, 0.3) is 11.2 Å². The van der Waals surface area contributed by atoms with Crippen LogP contribution in [-0.4, -0.2) is 32.4 Å². The zero-order chi connectivity index (χ0) is 22.9. The topological polar surface area (TPSA) is 86.1 Å².